The minimum absolute atomic E-state index is 0.188. The zero-order chi connectivity index (χ0) is 24.0. The summed E-state index contributed by atoms with van der Waals surface area (Å²) < 4.78 is 10.8. The van der Waals surface area contributed by atoms with Crippen molar-refractivity contribution in [2.24, 2.45) is 5.10 Å². The Bertz CT molecular complexity index is 1230. The van der Waals surface area contributed by atoms with Crippen LogP contribution in [0.4, 0.5) is 4.79 Å². The summed E-state index contributed by atoms with van der Waals surface area (Å²) in [5.41, 5.74) is 3.85. The van der Waals surface area contributed by atoms with Gasteiger partial charge in [-0.3, -0.25) is 9.59 Å². The van der Waals surface area contributed by atoms with Gasteiger partial charge in [0.15, 0.2) is 0 Å². The molecule has 0 aliphatic rings. The highest BCUT2D eigenvalue weighted by Gasteiger charge is 2.24. The molecule has 0 bridgehead atoms. The van der Waals surface area contributed by atoms with E-state index in [0.717, 1.165) is 11.1 Å². The number of hydrogen-bond donors (Lipinski definition) is 2. The molecule has 0 saturated heterocycles. The minimum Gasteiger partial charge on any atom is -0.463 e. The number of hydrogen-bond acceptors (Lipinski definition) is 6. The molecule has 0 unspecified atom stereocenters. The normalized spacial score (nSPS) is 12.5. The molecule has 3 rings (SSSR count). The first-order valence-corrected chi connectivity index (χ1v) is 10.5. The molecule has 0 radical (unpaired) electrons. The summed E-state index contributed by atoms with van der Waals surface area (Å²) in [4.78, 5) is 37.7. The number of carbonyl (C=O) groups is 2. The second-order valence-corrected chi connectivity index (χ2v) is 8.64. The number of carbonyl (C=O) groups excluding carboxylic acids is 2. The van der Waals surface area contributed by atoms with Crippen LogP contribution in [0.1, 0.15) is 37.5 Å². The summed E-state index contributed by atoms with van der Waals surface area (Å²) in [7, 11) is 0. The Morgan fingerprint density at radius 3 is 2.58 bits per heavy atom. The molecule has 0 spiro atoms. The molecule has 3 aromatic rings. The fourth-order valence-electron chi connectivity index (χ4n) is 3.10. The van der Waals surface area contributed by atoms with E-state index in [0.29, 0.717) is 11.0 Å². The molecule has 0 aliphatic carbocycles. The first kappa shape index (κ1) is 23.7. The number of hydrazone groups is 1. The Balaban J connectivity index is 1.75. The van der Waals surface area contributed by atoms with E-state index in [-0.39, 0.29) is 17.4 Å². The van der Waals surface area contributed by atoms with E-state index in [1.54, 1.807) is 32.9 Å². The molecule has 8 heteroatoms. The molecule has 1 atom stereocenters. The van der Waals surface area contributed by atoms with Crippen LogP contribution in [0, 0.1) is 6.92 Å². The number of nitrogens with one attached hydrogen (secondary N) is 2. The van der Waals surface area contributed by atoms with Crippen LogP contribution in [0.5, 0.6) is 0 Å². The lowest BCUT2D eigenvalue weighted by molar-refractivity contribution is -0.123. The maximum absolute atomic E-state index is 12.8. The average molecular weight is 450 g/mol. The van der Waals surface area contributed by atoms with E-state index in [1.165, 1.54) is 12.5 Å². The Morgan fingerprint density at radius 2 is 1.88 bits per heavy atom. The molecule has 172 valence electrons. The molecule has 0 fully saturated rings. The number of alkyl carbamates (subject to hydrolysis) is 1. The number of amides is 2. The monoisotopic (exact) mass is 449 g/mol. The van der Waals surface area contributed by atoms with E-state index in [4.69, 9.17) is 9.15 Å². The Hall–Kier alpha value is -3.94. The number of rotatable bonds is 6. The SMILES string of the molecule is Cc1ccc2occ(/C=N\NC(=O)[C@@H](Cc3ccccc3)NC(=O)OC(C)(C)C)c(=O)c2c1. The van der Waals surface area contributed by atoms with Gasteiger partial charge in [0.2, 0.25) is 5.43 Å². The van der Waals surface area contributed by atoms with E-state index < -0.39 is 23.6 Å². The van der Waals surface area contributed by atoms with Gasteiger partial charge in [-0.2, -0.15) is 5.10 Å². The van der Waals surface area contributed by atoms with Gasteiger partial charge < -0.3 is 14.5 Å². The predicted octanol–water partition coefficient (Wildman–Crippen LogP) is 3.69. The van der Waals surface area contributed by atoms with Crippen LogP contribution >= 0.6 is 0 Å². The summed E-state index contributed by atoms with van der Waals surface area (Å²) in [5, 5.41) is 6.91. The Labute approximate surface area is 191 Å². The Morgan fingerprint density at radius 1 is 1.15 bits per heavy atom. The van der Waals surface area contributed by atoms with E-state index in [9.17, 15) is 14.4 Å². The molecule has 2 amide bonds. The third kappa shape index (κ3) is 6.77. The zero-order valence-electron chi connectivity index (χ0n) is 19.0. The van der Waals surface area contributed by atoms with Crippen LogP contribution in [0.2, 0.25) is 0 Å². The lowest BCUT2D eigenvalue weighted by Crippen LogP contribution is -2.48. The van der Waals surface area contributed by atoms with Crippen LogP contribution < -0.4 is 16.2 Å². The van der Waals surface area contributed by atoms with Crippen LogP contribution in [0.25, 0.3) is 11.0 Å². The van der Waals surface area contributed by atoms with Gasteiger partial charge in [-0.25, -0.2) is 10.2 Å². The third-order valence-electron chi connectivity index (χ3n) is 4.62. The minimum atomic E-state index is -0.935. The van der Waals surface area contributed by atoms with E-state index in [1.807, 2.05) is 43.3 Å². The van der Waals surface area contributed by atoms with Gasteiger partial charge >= 0.3 is 6.09 Å². The summed E-state index contributed by atoms with van der Waals surface area (Å²) in [6.07, 6.45) is 2.03. The first-order chi connectivity index (χ1) is 15.6. The number of aryl methyl sites for hydroxylation is 1. The van der Waals surface area contributed by atoms with Gasteiger partial charge in [-0.1, -0.05) is 42.0 Å². The maximum atomic E-state index is 12.8. The molecule has 1 aromatic heterocycles. The summed E-state index contributed by atoms with van der Waals surface area (Å²) >= 11 is 0. The van der Waals surface area contributed by atoms with E-state index in [2.05, 4.69) is 15.8 Å². The number of fused-ring (bicyclic) bond motifs is 1. The standard InChI is InChI=1S/C25H27N3O5/c1-16-10-11-21-19(12-16)22(29)18(15-32-21)14-26-28-23(30)20(13-17-8-6-5-7-9-17)27-24(31)33-25(2,3)4/h5-12,14-15,20H,13H2,1-4H3,(H,27,31)(H,28,30)/b26-14-/t20-/m1/s1. The fraction of sp³-hybridized carbons (Fsp3) is 0.280. The quantitative estimate of drug-likeness (QED) is 0.441. The summed E-state index contributed by atoms with van der Waals surface area (Å²) in [6, 6.07) is 13.6. The van der Waals surface area contributed by atoms with Crippen molar-refractivity contribution in [2.45, 2.75) is 45.8 Å². The zero-order valence-corrected chi connectivity index (χ0v) is 19.0. The third-order valence-corrected chi connectivity index (χ3v) is 4.62. The second kappa shape index (κ2) is 10.1. The molecule has 0 saturated carbocycles. The van der Waals surface area contributed by atoms with Crippen molar-refractivity contribution in [1.82, 2.24) is 10.7 Å². The van der Waals surface area contributed by atoms with Crippen molar-refractivity contribution >= 4 is 29.2 Å². The van der Waals surface area contributed by atoms with Crippen LogP contribution in [0.3, 0.4) is 0 Å². The molecular weight excluding hydrogens is 422 g/mol. The van der Waals surface area contributed by atoms with Gasteiger partial charge in [-0.05, 0) is 45.4 Å². The van der Waals surface area contributed by atoms with Crippen molar-refractivity contribution < 1.29 is 18.7 Å². The molecule has 0 aliphatic heterocycles. The molecular formula is C25H27N3O5. The fourth-order valence-corrected chi connectivity index (χ4v) is 3.10. The molecule has 1 heterocycles. The van der Waals surface area contributed by atoms with Gasteiger partial charge in [0, 0.05) is 6.42 Å². The first-order valence-electron chi connectivity index (χ1n) is 10.5. The van der Waals surface area contributed by atoms with E-state index >= 15 is 0 Å². The number of ether oxygens (including phenoxy) is 1. The van der Waals surface area contributed by atoms with Crippen molar-refractivity contribution in [1.29, 1.82) is 0 Å². The van der Waals surface area contributed by atoms with Gasteiger partial charge in [0.1, 0.15) is 23.5 Å². The van der Waals surface area contributed by atoms with Crippen LogP contribution in [-0.2, 0) is 16.0 Å². The highest BCUT2D eigenvalue weighted by molar-refractivity contribution is 5.89. The van der Waals surface area contributed by atoms with Crippen molar-refractivity contribution in [2.75, 3.05) is 0 Å². The molecule has 33 heavy (non-hydrogen) atoms. The maximum Gasteiger partial charge on any atom is 0.408 e. The van der Waals surface area contributed by atoms with Gasteiger partial charge in [-0.15, -0.1) is 0 Å². The second-order valence-electron chi connectivity index (χ2n) is 8.64. The Kier molecular flexibility index (Phi) is 7.27. The molecule has 8 nitrogen and oxygen atoms in total. The highest BCUT2D eigenvalue weighted by atomic mass is 16.6. The van der Waals surface area contributed by atoms with Crippen LogP contribution in [0.15, 0.2) is 69.1 Å². The summed E-state index contributed by atoms with van der Waals surface area (Å²) in [6.45, 7) is 7.09. The molecule has 2 N–H and O–H groups in total. The largest absolute Gasteiger partial charge is 0.463 e. The smallest absolute Gasteiger partial charge is 0.408 e. The van der Waals surface area contributed by atoms with Crippen molar-refractivity contribution in [3.8, 4) is 0 Å². The summed E-state index contributed by atoms with van der Waals surface area (Å²) in [5.74, 6) is -0.554. The lowest BCUT2D eigenvalue weighted by atomic mass is 10.1. The predicted molar refractivity (Wildman–Crippen MR) is 126 cm³/mol. The van der Waals surface area contributed by atoms with Gasteiger partial charge in [0.25, 0.3) is 5.91 Å². The average Bonchev–Trinajstić information content (AvgIpc) is 2.74. The molecule has 2 aromatic carbocycles. The number of nitrogens with zero attached hydrogens (tertiary/aromatic N) is 1. The lowest BCUT2D eigenvalue weighted by Gasteiger charge is -2.23. The highest BCUT2D eigenvalue weighted by Crippen LogP contribution is 2.13. The van der Waals surface area contributed by atoms with Crippen LogP contribution in [-0.4, -0.2) is 29.9 Å². The topological polar surface area (TPSA) is 110 Å². The number of benzene rings is 2. The van der Waals surface area contributed by atoms with Gasteiger partial charge in [0.05, 0.1) is 17.2 Å². The van der Waals surface area contributed by atoms with Crippen molar-refractivity contribution in [3.05, 3.63) is 81.7 Å². The van der Waals surface area contributed by atoms with Crippen molar-refractivity contribution in [3.63, 3.8) is 0 Å².